The molecule has 0 N–H and O–H groups in total. The number of nitrogens with zero attached hydrogens (tertiary/aromatic N) is 3. The van der Waals surface area contributed by atoms with Gasteiger partial charge in [0, 0.05) is 12.0 Å². The number of hydrogen-bond acceptors (Lipinski definition) is 3. The predicted octanol–water partition coefficient (Wildman–Crippen LogP) is 4.94. The summed E-state index contributed by atoms with van der Waals surface area (Å²) in [7, 11) is 0. The number of carbonyl (C=O) groups excluding carboxylic acids is 1. The lowest BCUT2D eigenvalue weighted by Crippen LogP contribution is -2.19. The third-order valence-corrected chi connectivity index (χ3v) is 5.08. The Morgan fingerprint density at radius 3 is 2.44 bits per heavy atom. The fraction of sp³-hybridized carbons (Fsp3) is 0.500. The maximum Gasteiger partial charge on any atom is 0.416 e. The summed E-state index contributed by atoms with van der Waals surface area (Å²) in [5, 5.41) is 5.24. The van der Waals surface area contributed by atoms with Crippen LogP contribution >= 0.6 is 11.3 Å². The molecule has 1 heterocycles. The minimum absolute atomic E-state index is 0.255. The van der Waals surface area contributed by atoms with Crippen LogP contribution in [0.3, 0.4) is 0 Å². The summed E-state index contributed by atoms with van der Waals surface area (Å²) in [4.78, 5) is 16.6. The Labute approximate surface area is 158 Å². The smallest absolute Gasteiger partial charge is 0.267 e. The predicted molar refractivity (Wildman–Crippen MR) is 95.0 cm³/mol. The van der Waals surface area contributed by atoms with Crippen molar-refractivity contribution >= 4 is 17.2 Å². The van der Waals surface area contributed by atoms with Gasteiger partial charge in [-0.05, 0) is 24.6 Å². The molecular formula is C18H21F4N3OS. The van der Waals surface area contributed by atoms with E-state index in [0.717, 1.165) is 23.9 Å². The summed E-state index contributed by atoms with van der Waals surface area (Å²) in [6, 6.07) is 1.79. The lowest BCUT2D eigenvalue weighted by atomic mass is 9.98. The quantitative estimate of drug-likeness (QED) is 0.679. The highest BCUT2D eigenvalue weighted by molar-refractivity contribution is 7.09. The van der Waals surface area contributed by atoms with Crippen LogP contribution in [0.15, 0.2) is 23.2 Å². The Balaban J connectivity index is 2.45. The number of aromatic nitrogens is 2. The van der Waals surface area contributed by atoms with Gasteiger partial charge in [0.25, 0.3) is 5.91 Å². The molecule has 0 atom stereocenters. The third-order valence-electron chi connectivity index (χ3n) is 3.71. The zero-order valence-corrected chi connectivity index (χ0v) is 16.3. The van der Waals surface area contributed by atoms with Crippen LogP contribution in [0.2, 0.25) is 0 Å². The molecule has 4 nitrogen and oxygen atoms in total. The van der Waals surface area contributed by atoms with Crippen LogP contribution in [-0.2, 0) is 18.1 Å². The van der Waals surface area contributed by atoms with Crippen LogP contribution in [0.5, 0.6) is 0 Å². The van der Waals surface area contributed by atoms with E-state index in [1.807, 2.05) is 27.7 Å². The van der Waals surface area contributed by atoms with Crippen molar-refractivity contribution in [3.8, 4) is 0 Å². The summed E-state index contributed by atoms with van der Waals surface area (Å²) in [6.07, 6.45) is -2.94. The SMILES string of the molecule is CCCCn1nc(C(C)(C)C)s/c1=N\C(=O)c1ccc(C(F)(F)F)cc1F. The highest BCUT2D eigenvalue weighted by Crippen LogP contribution is 2.30. The zero-order chi connectivity index (χ0) is 20.4. The number of alkyl halides is 3. The second kappa shape index (κ2) is 7.92. The average molecular weight is 403 g/mol. The summed E-state index contributed by atoms with van der Waals surface area (Å²) in [6.45, 7) is 8.47. The van der Waals surface area contributed by atoms with E-state index in [1.54, 1.807) is 4.68 Å². The van der Waals surface area contributed by atoms with Crippen molar-refractivity contribution in [3.63, 3.8) is 0 Å². The van der Waals surface area contributed by atoms with Gasteiger partial charge < -0.3 is 0 Å². The van der Waals surface area contributed by atoms with Crippen LogP contribution in [-0.4, -0.2) is 15.7 Å². The summed E-state index contributed by atoms with van der Waals surface area (Å²) in [5.41, 5.74) is -1.91. The summed E-state index contributed by atoms with van der Waals surface area (Å²) in [5.74, 6) is -2.19. The average Bonchev–Trinajstić information content (AvgIpc) is 2.94. The van der Waals surface area contributed by atoms with Gasteiger partial charge in [0.2, 0.25) is 4.80 Å². The second-order valence-electron chi connectivity index (χ2n) is 7.13. The van der Waals surface area contributed by atoms with Crippen LogP contribution in [0.25, 0.3) is 0 Å². The van der Waals surface area contributed by atoms with Crippen molar-refractivity contribution < 1.29 is 22.4 Å². The molecule has 2 aromatic rings. The summed E-state index contributed by atoms with van der Waals surface area (Å²) >= 11 is 1.22. The minimum atomic E-state index is -4.68. The molecule has 0 aliphatic rings. The van der Waals surface area contributed by atoms with E-state index in [1.165, 1.54) is 11.3 Å². The zero-order valence-electron chi connectivity index (χ0n) is 15.5. The van der Waals surface area contributed by atoms with Crippen LogP contribution < -0.4 is 4.80 Å². The van der Waals surface area contributed by atoms with E-state index < -0.39 is 29.0 Å². The Morgan fingerprint density at radius 1 is 1.26 bits per heavy atom. The van der Waals surface area contributed by atoms with E-state index in [2.05, 4.69) is 10.1 Å². The molecule has 0 aliphatic carbocycles. The third kappa shape index (κ3) is 5.24. The number of benzene rings is 1. The van der Waals surface area contributed by atoms with E-state index in [4.69, 9.17) is 0 Å². The monoisotopic (exact) mass is 403 g/mol. The number of carbonyl (C=O) groups is 1. The summed E-state index contributed by atoms with van der Waals surface area (Å²) < 4.78 is 53.6. The number of unbranched alkanes of at least 4 members (excludes halogenated alkanes) is 1. The standard InChI is InChI=1S/C18H21F4N3OS/c1-5-6-9-25-16(27-15(24-25)17(2,3)4)23-14(26)12-8-7-11(10-13(12)19)18(20,21)22/h7-8,10H,5-6,9H2,1-4H3/b23-16-. The van der Waals surface area contributed by atoms with Crippen molar-refractivity contribution in [2.24, 2.45) is 4.99 Å². The largest absolute Gasteiger partial charge is 0.416 e. The molecule has 0 unspecified atom stereocenters. The van der Waals surface area contributed by atoms with Gasteiger partial charge in [-0.1, -0.05) is 45.5 Å². The number of rotatable bonds is 4. The van der Waals surface area contributed by atoms with Crippen molar-refractivity contribution in [2.45, 2.75) is 58.7 Å². The van der Waals surface area contributed by atoms with Crippen molar-refractivity contribution in [1.29, 1.82) is 0 Å². The maximum atomic E-state index is 14.0. The molecule has 2 rings (SSSR count). The molecule has 9 heteroatoms. The fourth-order valence-electron chi connectivity index (χ4n) is 2.16. The van der Waals surface area contributed by atoms with Crippen molar-refractivity contribution in [1.82, 2.24) is 9.78 Å². The van der Waals surface area contributed by atoms with Crippen LogP contribution in [0.4, 0.5) is 17.6 Å². The first-order valence-electron chi connectivity index (χ1n) is 8.47. The van der Waals surface area contributed by atoms with Gasteiger partial charge in [0.15, 0.2) is 0 Å². The molecule has 0 saturated carbocycles. The van der Waals surface area contributed by atoms with Gasteiger partial charge in [-0.15, -0.1) is 0 Å². The fourth-order valence-corrected chi connectivity index (χ4v) is 3.15. The second-order valence-corrected chi connectivity index (χ2v) is 8.08. The van der Waals surface area contributed by atoms with Gasteiger partial charge >= 0.3 is 6.18 Å². The number of halogens is 4. The first-order valence-corrected chi connectivity index (χ1v) is 9.29. The van der Waals surface area contributed by atoms with Crippen LogP contribution in [0, 0.1) is 5.82 Å². The molecule has 0 aliphatic heterocycles. The van der Waals surface area contributed by atoms with Gasteiger partial charge in [-0.25, -0.2) is 9.07 Å². The molecule has 1 aromatic heterocycles. The van der Waals surface area contributed by atoms with Gasteiger partial charge in [-0.2, -0.15) is 23.3 Å². The van der Waals surface area contributed by atoms with Crippen molar-refractivity contribution in [3.05, 3.63) is 45.0 Å². The highest BCUT2D eigenvalue weighted by atomic mass is 32.1. The molecular weight excluding hydrogens is 382 g/mol. The minimum Gasteiger partial charge on any atom is -0.267 e. The molecule has 148 valence electrons. The Bertz CT molecular complexity index is 891. The van der Waals surface area contributed by atoms with Crippen molar-refractivity contribution in [2.75, 3.05) is 0 Å². The molecule has 0 saturated heterocycles. The number of amides is 1. The van der Waals surface area contributed by atoms with E-state index >= 15 is 0 Å². The number of aryl methyl sites for hydroxylation is 1. The van der Waals surface area contributed by atoms with E-state index in [9.17, 15) is 22.4 Å². The molecule has 0 spiro atoms. The maximum absolute atomic E-state index is 14.0. The molecule has 27 heavy (non-hydrogen) atoms. The topological polar surface area (TPSA) is 47.2 Å². The first-order chi connectivity index (χ1) is 12.4. The lowest BCUT2D eigenvalue weighted by molar-refractivity contribution is -0.137. The first kappa shape index (κ1) is 21.3. The lowest BCUT2D eigenvalue weighted by Gasteiger charge is -2.12. The molecule has 0 fully saturated rings. The van der Waals surface area contributed by atoms with E-state index in [0.29, 0.717) is 23.5 Å². The molecule has 0 radical (unpaired) electrons. The Kier molecular flexibility index (Phi) is 6.24. The normalized spacial score (nSPS) is 13.3. The van der Waals surface area contributed by atoms with Gasteiger partial charge in [0.1, 0.15) is 10.8 Å². The van der Waals surface area contributed by atoms with Gasteiger partial charge in [0.05, 0.1) is 11.1 Å². The molecule has 1 amide bonds. The highest BCUT2D eigenvalue weighted by Gasteiger charge is 2.31. The Hall–Kier alpha value is -2.03. The number of hydrogen-bond donors (Lipinski definition) is 0. The Morgan fingerprint density at radius 2 is 1.93 bits per heavy atom. The van der Waals surface area contributed by atoms with Gasteiger partial charge in [-0.3, -0.25) is 4.79 Å². The van der Waals surface area contributed by atoms with Crippen LogP contribution in [0.1, 0.15) is 61.5 Å². The molecule has 0 bridgehead atoms. The van der Waals surface area contributed by atoms with E-state index in [-0.39, 0.29) is 5.41 Å². The molecule has 1 aromatic carbocycles.